The van der Waals surface area contributed by atoms with Gasteiger partial charge in [-0.1, -0.05) is 6.92 Å². The molecule has 1 heterocycles. The van der Waals surface area contributed by atoms with E-state index in [2.05, 4.69) is 23.2 Å². The van der Waals surface area contributed by atoms with Crippen LogP contribution < -0.4 is 15.0 Å². The molecular formula is C14H19N3O. The van der Waals surface area contributed by atoms with Crippen molar-refractivity contribution in [3.05, 3.63) is 23.8 Å². The minimum absolute atomic E-state index is 0.490. The van der Waals surface area contributed by atoms with E-state index in [0.717, 1.165) is 43.1 Å². The summed E-state index contributed by atoms with van der Waals surface area (Å²) in [6.07, 6.45) is 1.07. The number of nitrogens with zero attached hydrogens (tertiary/aromatic N) is 2. The number of methoxy groups -OCH3 is 1. The molecule has 0 saturated carbocycles. The van der Waals surface area contributed by atoms with E-state index >= 15 is 0 Å². The number of benzene rings is 1. The maximum Gasteiger partial charge on any atom is 0.121 e. The van der Waals surface area contributed by atoms with Crippen molar-refractivity contribution in [3.63, 3.8) is 0 Å². The standard InChI is InChI=1S/C14H19N3O/c1-3-6-17(12-9-16-10-12)14-7-13(18-2)5-4-11(14)8-15/h4-5,7,12,16H,3,6,9-10H2,1-2H3. The molecule has 0 atom stereocenters. The van der Waals surface area contributed by atoms with Gasteiger partial charge in [-0.15, -0.1) is 0 Å². The first-order valence-corrected chi connectivity index (χ1v) is 6.35. The maximum absolute atomic E-state index is 9.24. The Morgan fingerprint density at radius 2 is 2.28 bits per heavy atom. The zero-order valence-electron chi connectivity index (χ0n) is 10.9. The van der Waals surface area contributed by atoms with Gasteiger partial charge in [0.15, 0.2) is 0 Å². The van der Waals surface area contributed by atoms with Gasteiger partial charge in [-0.2, -0.15) is 5.26 Å². The molecule has 1 aliphatic heterocycles. The SMILES string of the molecule is CCCN(c1cc(OC)ccc1C#N)C1CNC1. The smallest absolute Gasteiger partial charge is 0.121 e. The van der Waals surface area contributed by atoms with Crippen LogP contribution in [0.5, 0.6) is 5.75 Å². The fourth-order valence-corrected chi connectivity index (χ4v) is 2.21. The summed E-state index contributed by atoms with van der Waals surface area (Å²) in [5.74, 6) is 0.803. The van der Waals surface area contributed by atoms with Gasteiger partial charge in [-0.3, -0.25) is 0 Å². The van der Waals surface area contributed by atoms with Gasteiger partial charge in [0.1, 0.15) is 11.8 Å². The third kappa shape index (κ3) is 2.41. The Morgan fingerprint density at radius 3 is 2.78 bits per heavy atom. The molecule has 4 heteroatoms. The van der Waals surface area contributed by atoms with Crippen LogP contribution in [0.2, 0.25) is 0 Å². The molecule has 18 heavy (non-hydrogen) atoms. The molecule has 4 nitrogen and oxygen atoms in total. The van der Waals surface area contributed by atoms with Crippen LogP contribution >= 0.6 is 0 Å². The lowest BCUT2D eigenvalue weighted by Crippen LogP contribution is -2.57. The zero-order chi connectivity index (χ0) is 13.0. The van der Waals surface area contributed by atoms with Crippen LogP contribution in [0.4, 0.5) is 5.69 Å². The van der Waals surface area contributed by atoms with E-state index in [0.29, 0.717) is 6.04 Å². The lowest BCUT2D eigenvalue weighted by Gasteiger charge is -2.40. The number of hydrogen-bond donors (Lipinski definition) is 1. The number of nitrogens with one attached hydrogen (secondary N) is 1. The molecule has 0 spiro atoms. The third-order valence-electron chi connectivity index (χ3n) is 3.30. The second-order valence-corrected chi connectivity index (χ2v) is 4.50. The molecule has 0 amide bonds. The summed E-state index contributed by atoms with van der Waals surface area (Å²) in [5, 5.41) is 12.5. The van der Waals surface area contributed by atoms with Crippen molar-refractivity contribution in [2.24, 2.45) is 0 Å². The monoisotopic (exact) mass is 245 g/mol. The Labute approximate surface area is 108 Å². The molecule has 0 aliphatic carbocycles. The van der Waals surface area contributed by atoms with Crippen molar-refractivity contribution in [1.29, 1.82) is 5.26 Å². The van der Waals surface area contributed by atoms with Crippen LogP contribution in [0.1, 0.15) is 18.9 Å². The van der Waals surface area contributed by atoms with E-state index in [1.54, 1.807) is 7.11 Å². The van der Waals surface area contributed by atoms with Crippen molar-refractivity contribution in [2.75, 3.05) is 31.6 Å². The van der Waals surface area contributed by atoms with Gasteiger partial charge in [0, 0.05) is 25.7 Å². The Kier molecular flexibility index (Phi) is 4.06. The lowest BCUT2D eigenvalue weighted by molar-refractivity contribution is 0.406. The fraction of sp³-hybridized carbons (Fsp3) is 0.500. The number of nitriles is 1. The first-order chi connectivity index (χ1) is 8.80. The Hall–Kier alpha value is -1.73. The van der Waals surface area contributed by atoms with Crippen LogP contribution in [0.25, 0.3) is 0 Å². The summed E-state index contributed by atoms with van der Waals surface area (Å²) >= 11 is 0. The topological polar surface area (TPSA) is 48.3 Å². The molecule has 1 fully saturated rings. The van der Waals surface area contributed by atoms with Crippen LogP contribution in [-0.2, 0) is 0 Å². The minimum atomic E-state index is 0.490. The summed E-state index contributed by atoms with van der Waals surface area (Å²) in [5.41, 5.74) is 1.71. The van der Waals surface area contributed by atoms with E-state index in [4.69, 9.17) is 4.74 Å². The molecule has 1 aromatic carbocycles. The van der Waals surface area contributed by atoms with Gasteiger partial charge in [0.2, 0.25) is 0 Å². The van der Waals surface area contributed by atoms with E-state index in [-0.39, 0.29) is 0 Å². The second-order valence-electron chi connectivity index (χ2n) is 4.50. The molecule has 0 aromatic heterocycles. The molecule has 0 unspecified atom stereocenters. The number of ether oxygens (including phenoxy) is 1. The van der Waals surface area contributed by atoms with Gasteiger partial charge in [-0.25, -0.2) is 0 Å². The molecule has 1 aromatic rings. The highest BCUT2D eigenvalue weighted by Crippen LogP contribution is 2.28. The van der Waals surface area contributed by atoms with E-state index in [9.17, 15) is 5.26 Å². The predicted molar refractivity (Wildman–Crippen MR) is 72.0 cm³/mol. The third-order valence-corrected chi connectivity index (χ3v) is 3.30. The minimum Gasteiger partial charge on any atom is -0.497 e. The van der Waals surface area contributed by atoms with Crippen molar-refractivity contribution in [3.8, 4) is 11.8 Å². The first-order valence-electron chi connectivity index (χ1n) is 6.35. The predicted octanol–water partition coefficient (Wildman–Crippen LogP) is 1.76. The molecule has 1 aliphatic rings. The highest BCUT2D eigenvalue weighted by atomic mass is 16.5. The number of rotatable bonds is 5. The quantitative estimate of drug-likeness (QED) is 0.858. The molecule has 1 saturated heterocycles. The molecule has 0 radical (unpaired) electrons. The summed E-state index contributed by atoms with van der Waals surface area (Å²) in [4.78, 5) is 2.32. The van der Waals surface area contributed by atoms with E-state index in [1.165, 1.54) is 0 Å². The van der Waals surface area contributed by atoms with Crippen molar-refractivity contribution in [2.45, 2.75) is 19.4 Å². The highest BCUT2D eigenvalue weighted by molar-refractivity contribution is 5.63. The maximum atomic E-state index is 9.24. The van der Waals surface area contributed by atoms with Gasteiger partial charge in [0.25, 0.3) is 0 Å². The summed E-state index contributed by atoms with van der Waals surface area (Å²) < 4.78 is 5.26. The Bertz CT molecular complexity index is 449. The van der Waals surface area contributed by atoms with Crippen molar-refractivity contribution >= 4 is 5.69 Å². The molecule has 2 rings (SSSR count). The number of hydrogen-bond acceptors (Lipinski definition) is 4. The molecule has 96 valence electrons. The highest BCUT2D eigenvalue weighted by Gasteiger charge is 2.26. The van der Waals surface area contributed by atoms with Gasteiger partial charge < -0.3 is 15.0 Å². The lowest BCUT2D eigenvalue weighted by atomic mass is 10.1. The number of anilines is 1. The average Bonchev–Trinajstić information content (AvgIpc) is 2.35. The largest absolute Gasteiger partial charge is 0.497 e. The van der Waals surface area contributed by atoms with Crippen LogP contribution in [-0.4, -0.2) is 32.8 Å². The first kappa shape index (κ1) is 12.7. The summed E-state index contributed by atoms with van der Waals surface area (Å²) in [6.45, 7) is 5.10. The molecular weight excluding hydrogens is 226 g/mol. The van der Waals surface area contributed by atoms with Gasteiger partial charge >= 0.3 is 0 Å². The van der Waals surface area contributed by atoms with Crippen LogP contribution in [0, 0.1) is 11.3 Å². The normalized spacial score (nSPS) is 14.7. The Balaban J connectivity index is 2.34. The van der Waals surface area contributed by atoms with Crippen molar-refractivity contribution < 1.29 is 4.74 Å². The molecule has 0 bridgehead atoms. The molecule has 1 N–H and O–H groups in total. The zero-order valence-corrected chi connectivity index (χ0v) is 10.9. The average molecular weight is 245 g/mol. The van der Waals surface area contributed by atoms with Gasteiger partial charge in [0.05, 0.1) is 24.4 Å². The van der Waals surface area contributed by atoms with E-state index in [1.807, 2.05) is 18.2 Å². The van der Waals surface area contributed by atoms with E-state index < -0.39 is 0 Å². The van der Waals surface area contributed by atoms with Crippen LogP contribution in [0.3, 0.4) is 0 Å². The fourth-order valence-electron chi connectivity index (χ4n) is 2.21. The summed E-state index contributed by atoms with van der Waals surface area (Å²) in [6, 6.07) is 8.40. The Morgan fingerprint density at radius 1 is 1.50 bits per heavy atom. The second kappa shape index (κ2) is 5.74. The van der Waals surface area contributed by atoms with Crippen molar-refractivity contribution in [1.82, 2.24) is 5.32 Å². The summed E-state index contributed by atoms with van der Waals surface area (Å²) in [7, 11) is 1.65. The van der Waals surface area contributed by atoms with Crippen LogP contribution in [0.15, 0.2) is 18.2 Å². The van der Waals surface area contributed by atoms with Gasteiger partial charge in [-0.05, 0) is 18.6 Å².